The number of nitrogens with zero attached hydrogens (tertiary/aromatic N) is 3. The minimum absolute atomic E-state index is 0.0229. The van der Waals surface area contributed by atoms with Crippen molar-refractivity contribution in [2.75, 3.05) is 52.8 Å². The van der Waals surface area contributed by atoms with Crippen molar-refractivity contribution < 1.29 is 17.9 Å². The number of hydrogen-bond donors (Lipinski definition) is 0. The van der Waals surface area contributed by atoms with Gasteiger partial charge in [-0.25, -0.2) is 12.7 Å². The fraction of sp³-hybridized carbons (Fsp3) is 0.519. The molecule has 8 heteroatoms. The predicted octanol–water partition coefficient (Wildman–Crippen LogP) is 3.66. The smallest absolute Gasteiger partial charge is 0.243 e. The first kappa shape index (κ1) is 27.2. The summed E-state index contributed by atoms with van der Waals surface area (Å²) in [5.74, 6) is 0.649. The van der Waals surface area contributed by atoms with Crippen LogP contribution in [0.5, 0.6) is 5.75 Å². The Balaban J connectivity index is 1.55. The van der Waals surface area contributed by atoms with Crippen LogP contribution in [0.25, 0.3) is 0 Å². The van der Waals surface area contributed by atoms with Crippen molar-refractivity contribution in [2.45, 2.75) is 50.5 Å². The summed E-state index contributed by atoms with van der Waals surface area (Å²) < 4.78 is 32.8. The molecule has 0 spiro atoms. The van der Waals surface area contributed by atoms with E-state index in [9.17, 15) is 13.2 Å². The Kier molecular flexibility index (Phi) is 8.96. The number of hydrogen-bond acceptors (Lipinski definition) is 6. The minimum Gasteiger partial charge on any atom is -0.497 e. The third kappa shape index (κ3) is 6.63. The number of Topliss-reactive ketones (excluding diaryl/α,β-unsaturated/α-hetero) is 1. The molecule has 0 N–H and O–H groups in total. The molecule has 3 rings (SSSR count). The highest BCUT2D eigenvalue weighted by atomic mass is 32.2. The molecule has 1 heterocycles. The monoisotopic (exact) mass is 501 g/mol. The van der Waals surface area contributed by atoms with Crippen molar-refractivity contribution in [1.82, 2.24) is 9.21 Å². The van der Waals surface area contributed by atoms with E-state index in [2.05, 4.69) is 36.0 Å². The number of benzene rings is 2. The van der Waals surface area contributed by atoms with E-state index in [-0.39, 0.29) is 23.6 Å². The van der Waals surface area contributed by atoms with E-state index in [0.717, 1.165) is 31.5 Å². The highest BCUT2D eigenvalue weighted by molar-refractivity contribution is 7.89. The van der Waals surface area contributed by atoms with Gasteiger partial charge in [0.15, 0.2) is 0 Å². The lowest BCUT2D eigenvalue weighted by Gasteiger charge is -2.36. The van der Waals surface area contributed by atoms with E-state index in [0.29, 0.717) is 29.3 Å². The SMILES string of the molecule is COc1cc(C)c(S(=O)(=O)N(C)CCC(=O)Cc2ccc(N3CCC(N(C)C)CC3)cc2)c(C)c1. The average Bonchev–Trinajstić information content (AvgIpc) is 2.82. The first-order chi connectivity index (χ1) is 16.5. The Bertz CT molecular complexity index is 1100. The van der Waals surface area contributed by atoms with Crippen LogP contribution >= 0.6 is 0 Å². The molecule has 0 atom stereocenters. The molecule has 0 aliphatic carbocycles. The maximum absolute atomic E-state index is 13.2. The average molecular weight is 502 g/mol. The molecular formula is C27H39N3O4S. The molecule has 1 fully saturated rings. The zero-order valence-corrected chi connectivity index (χ0v) is 22.7. The van der Waals surface area contributed by atoms with E-state index in [1.807, 2.05) is 12.1 Å². The third-order valence-corrected chi connectivity index (χ3v) is 9.10. The number of aryl methyl sites for hydroxylation is 2. The number of sulfonamides is 1. The van der Waals surface area contributed by atoms with Gasteiger partial charge in [0.2, 0.25) is 10.0 Å². The Morgan fingerprint density at radius 3 is 2.11 bits per heavy atom. The Hall–Kier alpha value is -2.42. The maximum Gasteiger partial charge on any atom is 0.243 e. The summed E-state index contributed by atoms with van der Waals surface area (Å²) in [5, 5.41) is 0. The van der Waals surface area contributed by atoms with E-state index in [1.54, 1.807) is 33.1 Å². The van der Waals surface area contributed by atoms with E-state index in [1.165, 1.54) is 17.0 Å². The van der Waals surface area contributed by atoms with Crippen LogP contribution in [-0.2, 0) is 21.2 Å². The molecule has 0 bridgehead atoms. The second-order valence-electron chi connectivity index (χ2n) is 9.73. The molecule has 0 radical (unpaired) electrons. The molecule has 1 aliphatic heterocycles. The highest BCUT2D eigenvalue weighted by Crippen LogP contribution is 2.28. The van der Waals surface area contributed by atoms with Crippen LogP contribution < -0.4 is 9.64 Å². The summed E-state index contributed by atoms with van der Waals surface area (Å²) in [7, 11) is 3.66. The van der Waals surface area contributed by atoms with Crippen molar-refractivity contribution in [2.24, 2.45) is 0 Å². The molecule has 0 aromatic heterocycles. The number of rotatable bonds is 10. The molecule has 0 unspecified atom stereocenters. The van der Waals surface area contributed by atoms with Crippen molar-refractivity contribution >= 4 is 21.5 Å². The minimum atomic E-state index is -3.70. The van der Waals surface area contributed by atoms with Crippen molar-refractivity contribution in [3.05, 3.63) is 53.1 Å². The molecule has 0 saturated carbocycles. The van der Waals surface area contributed by atoms with Gasteiger partial charge in [-0.3, -0.25) is 4.79 Å². The molecule has 35 heavy (non-hydrogen) atoms. The molecule has 2 aromatic rings. The molecular weight excluding hydrogens is 462 g/mol. The van der Waals surface area contributed by atoms with Crippen LogP contribution in [0.1, 0.15) is 36.0 Å². The summed E-state index contributed by atoms with van der Waals surface area (Å²) >= 11 is 0. The fourth-order valence-corrected chi connectivity index (χ4v) is 6.35. The Morgan fingerprint density at radius 1 is 1.03 bits per heavy atom. The highest BCUT2D eigenvalue weighted by Gasteiger charge is 2.26. The molecule has 192 valence electrons. The van der Waals surface area contributed by atoms with Crippen LogP contribution in [0.15, 0.2) is 41.3 Å². The molecule has 0 amide bonds. The zero-order valence-electron chi connectivity index (χ0n) is 21.9. The number of anilines is 1. The quantitative estimate of drug-likeness (QED) is 0.495. The third-order valence-electron chi connectivity index (χ3n) is 6.94. The molecule has 1 aliphatic rings. The largest absolute Gasteiger partial charge is 0.497 e. The first-order valence-electron chi connectivity index (χ1n) is 12.2. The van der Waals surface area contributed by atoms with Crippen LogP contribution in [0.2, 0.25) is 0 Å². The van der Waals surface area contributed by atoms with Gasteiger partial charge in [0, 0.05) is 51.3 Å². The summed E-state index contributed by atoms with van der Waals surface area (Å²) in [4.78, 5) is 17.6. The standard InChI is InChI=1S/C27H39N3O4S/c1-20-17-26(34-6)18-21(2)27(20)35(32,33)29(5)14-13-25(31)19-22-7-9-24(10-8-22)30-15-11-23(12-16-30)28(3)4/h7-10,17-18,23H,11-16,19H2,1-6H3. The van der Waals surface area contributed by atoms with E-state index < -0.39 is 10.0 Å². The van der Waals surface area contributed by atoms with E-state index >= 15 is 0 Å². The summed E-state index contributed by atoms with van der Waals surface area (Å²) in [6.45, 7) is 5.74. The summed E-state index contributed by atoms with van der Waals surface area (Å²) in [6, 6.07) is 12.3. The Morgan fingerprint density at radius 2 is 1.60 bits per heavy atom. The van der Waals surface area contributed by atoms with Gasteiger partial charge in [-0.1, -0.05) is 12.1 Å². The lowest BCUT2D eigenvalue weighted by molar-refractivity contribution is -0.118. The van der Waals surface area contributed by atoms with Crippen molar-refractivity contribution in [3.63, 3.8) is 0 Å². The van der Waals surface area contributed by atoms with Gasteiger partial charge in [-0.2, -0.15) is 0 Å². The van der Waals surface area contributed by atoms with Crippen LogP contribution in [0.4, 0.5) is 5.69 Å². The molecule has 7 nitrogen and oxygen atoms in total. The fourth-order valence-electron chi connectivity index (χ4n) is 4.77. The number of methoxy groups -OCH3 is 1. The lowest BCUT2D eigenvalue weighted by atomic mass is 10.0. The first-order valence-corrected chi connectivity index (χ1v) is 13.6. The van der Waals surface area contributed by atoms with Gasteiger partial charge in [0.25, 0.3) is 0 Å². The molecule has 2 aromatic carbocycles. The van der Waals surface area contributed by atoms with E-state index in [4.69, 9.17) is 4.74 Å². The predicted molar refractivity (Wildman–Crippen MR) is 141 cm³/mol. The second kappa shape index (κ2) is 11.5. The van der Waals surface area contributed by atoms with Crippen molar-refractivity contribution in [3.8, 4) is 5.75 Å². The number of ketones is 1. The van der Waals surface area contributed by atoms with Crippen LogP contribution in [0.3, 0.4) is 0 Å². The summed E-state index contributed by atoms with van der Waals surface area (Å²) in [5.41, 5.74) is 3.40. The van der Waals surface area contributed by atoms with Gasteiger partial charge >= 0.3 is 0 Å². The zero-order chi connectivity index (χ0) is 25.8. The molecule has 1 saturated heterocycles. The number of carbonyl (C=O) groups is 1. The van der Waals surface area contributed by atoms with Gasteiger partial charge in [0.05, 0.1) is 12.0 Å². The van der Waals surface area contributed by atoms with Gasteiger partial charge in [-0.15, -0.1) is 0 Å². The number of ether oxygens (including phenoxy) is 1. The lowest BCUT2D eigenvalue weighted by Crippen LogP contribution is -2.41. The second-order valence-corrected chi connectivity index (χ2v) is 11.7. The normalized spacial score (nSPS) is 15.1. The summed E-state index contributed by atoms with van der Waals surface area (Å²) in [6.07, 6.45) is 2.78. The topological polar surface area (TPSA) is 70.2 Å². The Labute approximate surface area is 210 Å². The van der Waals surface area contributed by atoms with Gasteiger partial charge in [0.1, 0.15) is 11.5 Å². The van der Waals surface area contributed by atoms with Gasteiger partial charge in [-0.05, 0) is 81.7 Å². The van der Waals surface area contributed by atoms with Crippen molar-refractivity contribution in [1.29, 1.82) is 0 Å². The van der Waals surface area contributed by atoms with Crippen LogP contribution in [0, 0.1) is 13.8 Å². The maximum atomic E-state index is 13.2. The van der Waals surface area contributed by atoms with Gasteiger partial charge < -0.3 is 14.5 Å². The number of piperidine rings is 1. The van der Waals surface area contributed by atoms with Crippen LogP contribution in [-0.4, -0.2) is 77.3 Å². The number of carbonyl (C=O) groups excluding carboxylic acids is 1.